The Morgan fingerprint density at radius 2 is 1.54 bits per heavy atom. The molecule has 0 aliphatic rings. The van der Waals surface area contributed by atoms with Gasteiger partial charge in [0.25, 0.3) is 10.0 Å². The number of aryl methyl sites for hydroxylation is 1. The maximum absolute atomic E-state index is 14.5. The quantitative estimate of drug-likeness (QED) is 0.188. The number of sulfonamides is 1. The Morgan fingerprint density at radius 1 is 0.870 bits per heavy atom. The fourth-order valence-corrected chi connectivity index (χ4v) is 6.77. The van der Waals surface area contributed by atoms with Crippen LogP contribution in [0.1, 0.15) is 16.7 Å². The molecule has 0 saturated heterocycles. The molecule has 0 heterocycles. The SMILES string of the molecule is CNC(=O)[C@@H](Cc1ccccc1)N(Cc1ccc(Cl)cc1Cl)C(=O)CN(c1ccc(OC)c(OC)c1)S(=O)(=O)c1ccc(C)cc1. The third-order valence-electron chi connectivity index (χ3n) is 7.42. The van der Waals surface area contributed by atoms with Crippen LogP contribution in [-0.4, -0.2) is 59.0 Å². The number of hydrogen-bond acceptors (Lipinski definition) is 6. The average Bonchev–Trinajstić information content (AvgIpc) is 3.05. The van der Waals surface area contributed by atoms with Gasteiger partial charge in [0.15, 0.2) is 11.5 Å². The average molecular weight is 685 g/mol. The lowest BCUT2D eigenvalue weighted by Crippen LogP contribution is -2.53. The Labute approximate surface area is 279 Å². The molecular weight excluding hydrogens is 649 g/mol. The molecule has 0 aromatic heterocycles. The van der Waals surface area contributed by atoms with Gasteiger partial charge < -0.3 is 19.7 Å². The Kier molecular flexibility index (Phi) is 11.6. The molecule has 242 valence electrons. The normalized spacial score (nSPS) is 11.8. The van der Waals surface area contributed by atoms with E-state index in [1.54, 1.807) is 36.4 Å². The van der Waals surface area contributed by atoms with Gasteiger partial charge in [0, 0.05) is 36.1 Å². The minimum atomic E-state index is -4.30. The number of carbonyl (C=O) groups is 2. The number of nitrogens with zero attached hydrogens (tertiary/aromatic N) is 2. The second-order valence-corrected chi connectivity index (χ2v) is 13.1. The summed E-state index contributed by atoms with van der Waals surface area (Å²) in [7, 11) is 0.0834. The van der Waals surface area contributed by atoms with Crippen LogP contribution in [0.25, 0.3) is 0 Å². The number of nitrogens with one attached hydrogen (secondary N) is 1. The van der Waals surface area contributed by atoms with Crippen LogP contribution in [-0.2, 0) is 32.6 Å². The molecule has 2 amide bonds. The van der Waals surface area contributed by atoms with E-state index >= 15 is 0 Å². The first kappa shape index (κ1) is 34.6. The smallest absolute Gasteiger partial charge is 0.264 e. The van der Waals surface area contributed by atoms with Crippen molar-refractivity contribution in [3.8, 4) is 11.5 Å². The monoisotopic (exact) mass is 683 g/mol. The van der Waals surface area contributed by atoms with Crippen molar-refractivity contribution in [2.24, 2.45) is 0 Å². The molecule has 0 bridgehead atoms. The molecule has 12 heteroatoms. The molecule has 4 rings (SSSR count). The summed E-state index contributed by atoms with van der Waals surface area (Å²) in [4.78, 5) is 29.2. The number of amides is 2. The van der Waals surface area contributed by atoms with E-state index < -0.39 is 34.4 Å². The third-order valence-corrected chi connectivity index (χ3v) is 9.79. The van der Waals surface area contributed by atoms with E-state index in [1.807, 2.05) is 37.3 Å². The van der Waals surface area contributed by atoms with Crippen molar-refractivity contribution in [3.05, 3.63) is 118 Å². The van der Waals surface area contributed by atoms with Crippen molar-refractivity contribution in [2.75, 3.05) is 32.1 Å². The number of methoxy groups -OCH3 is 2. The molecule has 0 aliphatic carbocycles. The van der Waals surface area contributed by atoms with E-state index in [1.165, 1.54) is 50.4 Å². The van der Waals surface area contributed by atoms with Gasteiger partial charge in [-0.1, -0.05) is 77.3 Å². The van der Waals surface area contributed by atoms with Crippen LogP contribution in [0, 0.1) is 6.92 Å². The molecule has 46 heavy (non-hydrogen) atoms. The summed E-state index contributed by atoms with van der Waals surface area (Å²) in [5.41, 5.74) is 2.37. The molecular formula is C34H35Cl2N3O6S. The first-order valence-corrected chi connectivity index (χ1v) is 16.5. The summed E-state index contributed by atoms with van der Waals surface area (Å²) in [5, 5.41) is 3.36. The highest BCUT2D eigenvalue weighted by atomic mass is 35.5. The summed E-state index contributed by atoms with van der Waals surface area (Å²) in [5.74, 6) is -0.414. The van der Waals surface area contributed by atoms with Crippen molar-refractivity contribution >= 4 is 50.7 Å². The highest BCUT2D eigenvalue weighted by molar-refractivity contribution is 7.92. The molecule has 0 radical (unpaired) electrons. The highest BCUT2D eigenvalue weighted by Crippen LogP contribution is 2.34. The molecule has 9 nitrogen and oxygen atoms in total. The van der Waals surface area contributed by atoms with Crippen LogP contribution in [0.15, 0.2) is 95.9 Å². The maximum Gasteiger partial charge on any atom is 0.264 e. The summed E-state index contributed by atoms with van der Waals surface area (Å²) in [6, 6.07) is 24.0. The van der Waals surface area contributed by atoms with Gasteiger partial charge in [0.1, 0.15) is 12.6 Å². The van der Waals surface area contributed by atoms with E-state index in [9.17, 15) is 18.0 Å². The molecule has 1 atom stereocenters. The van der Waals surface area contributed by atoms with E-state index in [-0.39, 0.29) is 29.3 Å². The number of likely N-dealkylation sites (N-methyl/N-ethyl adjacent to an activating group) is 1. The lowest BCUT2D eigenvalue weighted by molar-refractivity contribution is -0.139. The zero-order valence-corrected chi connectivity index (χ0v) is 28.2. The maximum atomic E-state index is 14.5. The van der Waals surface area contributed by atoms with Gasteiger partial charge in [0.05, 0.1) is 24.8 Å². The summed E-state index contributed by atoms with van der Waals surface area (Å²) in [6.07, 6.45) is 0.165. The molecule has 1 N–H and O–H groups in total. The van der Waals surface area contributed by atoms with Crippen molar-refractivity contribution in [1.82, 2.24) is 10.2 Å². The number of benzene rings is 4. The molecule has 0 saturated carbocycles. The highest BCUT2D eigenvalue weighted by Gasteiger charge is 2.35. The summed E-state index contributed by atoms with van der Waals surface area (Å²) < 4.78 is 40.3. The fraction of sp³-hybridized carbons (Fsp3) is 0.235. The van der Waals surface area contributed by atoms with E-state index in [2.05, 4.69) is 5.32 Å². The zero-order valence-electron chi connectivity index (χ0n) is 25.9. The van der Waals surface area contributed by atoms with Gasteiger partial charge in [-0.05, 0) is 54.4 Å². The van der Waals surface area contributed by atoms with Crippen LogP contribution < -0.4 is 19.1 Å². The standard InChI is InChI=1S/C34H35Cl2N3O6S/c1-23-10-15-28(16-11-23)46(42,43)39(27-14-17-31(44-3)32(20-27)45-4)22-33(40)38(21-25-12-13-26(35)19-29(25)36)30(34(41)37-2)18-24-8-6-5-7-9-24/h5-17,19-20,30H,18,21-22H2,1-4H3,(H,37,41)/t30-/m1/s1. The van der Waals surface area contributed by atoms with Crippen LogP contribution in [0.3, 0.4) is 0 Å². The van der Waals surface area contributed by atoms with E-state index in [4.69, 9.17) is 32.7 Å². The second-order valence-electron chi connectivity index (χ2n) is 10.4. The minimum Gasteiger partial charge on any atom is -0.493 e. The van der Waals surface area contributed by atoms with Crippen molar-refractivity contribution in [2.45, 2.75) is 30.8 Å². The number of anilines is 1. The molecule has 0 spiro atoms. The second kappa shape index (κ2) is 15.4. The predicted octanol–water partition coefficient (Wildman–Crippen LogP) is 5.90. The number of rotatable bonds is 13. The zero-order chi connectivity index (χ0) is 33.4. The number of hydrogen-bond donors (Lipinski definition) is 1. The van der Waals surface area contributed by atoms with E-state index in [0.717, 1.165) is 15.4 Å². The number of halogens is 2. The largest absolute Gasteiger partial charge is 0.493 e. The topological polar surface area (TPSA) is 105 Å². The summed E-state index contributed by atoms with van der Waals surface area (Å²) in [6.45, 7) is 1.11. The van der Waals surface area contributed by atoms with Crippen molar-refractivity contribution in [3.63, 3.8) is 0 Å². The number of carbonyl (C=O) groups excluding carboxylic acids is 2. The Morgan fingerprint density at radius 3 is 2.15 bits per heavy atom. The minimum absolute atomic E-state index is 0.0138. The fourth-order valence-electron chi connectivity index (χ4n) is 4.90. The van der Waals surface area contributed by atoms with Gasteiger partial charge >= 0.3 is 0 Å². The molecule has 0 unspecified atom stereocenters. The van der Waals surface area contributed by atoms with Crippen LogP contribution in [0.2, 0.25) is 10.0 Å². The first-order valence-electron chi connectivity index (χ1n) is 14.3. The lowest BCUT2D eigenvalue weighted by Gasteiger charge is -2.34. The molecule has 4 aromatic carbocycles. The summed E-state index contributed by atoms with van der Waals surface area (Å²) >= 11 is 12.7. The third kappa shape index (κ3) is 8.12. The number of ether oxygens (including phenoxy) is 2. The predicted molar refractivity (Wildman–Crippen MR) is 180 cm³/mol. The lowest BCUT2D eigenvalue weighted by atomic mass is 10.0. The van der Waals surface area contributed by atoms with Gasteiger partial charge in [-0.15, -0.1) is 0 Å². The van der Waals surface area contributed by atoms with Crippen LogP contribution in [0.4, 0.5) is 5.69 Å². The molecule has 0 aliphatic heterocycles. The van der Waals surface area contributed by atoms with Gasteiger partial charge in [-0.3, -0.25) is 13.9 Å². The van der Waals surface area contributed by atoms with E-state index in [0.29, 0.717) is 21.4 Å². The molecule has 4 aromatic rings. The first-order chi connectivity index (χ1) is 22.0. The Bertz CT molecular complexity index is 1790. The Hall–Kier alpha value is -4.25. The van der Waals surface area contributed by atoms with Crippen molar-refractivity contribution in [1.29, 1.82) is 0 Å². The van der Waals surface area contributed by atoms with Gasteiger partial charge in [-0.2, -0.15) is 0 Å². The van der Waals surface area contributed by atoms with Crippen LogP contribution >= 0.6 is 23.2 Å². The van der Waals surface area contributed by atoms with Gasteiger partial charge in [-0.25, -0.2) is 8.42 Å². The van der Waals surface area contributed by atoms with Crippen molar-refractivity contribution < 1.29 is 27.5 Å². The Balaban J connectivity index is 1.84. The molecule has 0 fully saturated rings. The van der Waals surface area contributed by atoms with Gasteiger partial charge in [0.2, 0.25) is 11.8 Å². The van der Waals surface area contributed by atoms with Crippen LogP contribution in [0.5, 0.6) is 11.5 Å².